The minimum atomic E-state index is -0.352. The van der Waals surface area contributed by atoms with Crippen molar-refractivity contribution in [2.75, 3.05) is 5.32 Å². The zero-order valence-electron chi connectivity index (χ0n) is 16.1. The Kier molecular flexibility index (Phi) is 4.22. The number of fused-ring (bicyclic) bond motifs is 1. The number of hydrogen-bond donors (Lipinski definition) is 2. The third kappa shape index (κ3) is 3.04. The van der Waals surface area contributed by atoms with E-state index < -0.39 is 0 Å². The van der Waals surface area contributed by atoms with Gasteiger partial charge in [0.1, 0.15) is 5.82 Å². The minimum Gasteiger partial charge on any atom is -0.343 e. The van der Waals surface area contributed by atoms with E-state index in [9.17, 15) is 9.59 Å². The summed E-state index contributed by atoms with van der Waals surface area (Å²) in [5.74, 6) is 0.447. The number of carbonyl (C=O) groups excluding carboxylic acids is 1. The SMILES string of the molecule is CC1(C)CC(=O)C2=C(C1)Nc1[nH]n(-c3ccccc3)c(=O)c1C2c1ccc(Br)s1. The number of nitrogens with zero attached hydrogens (tertiary/aromatic N) is 1. The molecule has 5 rings (SSSR count). The highest BCUT2D eigenvalue weighted by Crippen LogP contribution is 2.49. The Morgan fingerprint density at radius 3 is 2.55 bits per heavy atom. The predicted octanol–water partition coefficient (Wildman–Crippen LogP) is 5.19. The molecule has 0 saturated heterocycles. The van der Waals surface area contributed by atoms with Crippen LogP contribution in [0.25, 0.3) is 5.69 Å². The second kappa shape index (κ2) is 6.57. The fourth-order valence-electron chi connectivity index (χ4n) is 4.42. The second-order valence-electron chi connectivity index (χ2n) is 8.41. The zero-order valence-corrected chi connectivity index (χ0v) is 18.5. The average molecular weight is 470 g/mol. The topological polar surface area (TPSA) is 66.9 Å². The van der Waals surface area contributed by atoms with E-state index in [0.29, 0.717) is 17.8 Å². The first-order valence-electron chi connectivity index (χ1n) is 9.53. The molecule has 29 heavy (non-hydrogen) atoms. The summed E-state index contributed by atoms with van der Waals surface area (Å²) in [5.41, 5.74) is 2.80. The first kappa shape index (κ1) is 18.6. The molecule has 148 valence electrons. The number of H-pyrrole nitrogens is 1. The van der Waals surface area contributed by atoms with E-state index >= 15 is 0 Å². The summed E-state index contributed by atoms with van der Waals surface area (Å²) in [6, 6.07) is 13.5. The standard InChI is InChI=1S/C22H20BrN3O2S/c1-22(2)10-13-17(14(27)11-22)18(15-8-9-16(23)29-15)19-20(24-13)25-26(21(19)28)12-6-4-3-5-7-12/h3-9,18,24-25H,10-11H2,1-2H3. The van der Waals surface area contributed by atoms with E-state index in [-0.39, 0.29) is 22.7 Å². The maximum Gasteiger partial charge on any atom is 0.277 e. The monoisotopic (exact) mass is 469 g/mol. The van der Waals surface area contributed by atoms with Crippen LogP contribution in [0.5, 0.6) is 0 Å². The molecular weight excluding hydrogens is 450 g/mol. The number of allylic oxidation sites excluding steroid dienone is 2. The lowest BCUT2D eigenvalue weighted by Crippen LogP contribution is -2.35. The van der Waals surface area contributed by atoms with E-state index in [0.717, 1.165) is 32.0 Å². The molecule has 0 fully saturated rings. The normalized spacial score (nSPS) is 20.2. The molecule has 2 aliphatic rings. The van der Waals surface area contributed by atoms with Crippen LogP contribution in [0.1, 0.15) is 43.0 Å². The molecule has 0 bridgehead atoms. The van der Waals surface area contributed by atoms with E-state index in [2.05, 4.69) is 40.2 Å². The largest absolute Gasteiger partial charge is 0.343 e. The molecule has 0 amide bonds. The number of aromatic nitrogens is 2. The minimum absolute atomic E-state index is 0.108. The molecular formula is C22H20BrN3O2S. The molecule has 1 unspecified atom stereocenters. The quantitative estimate of drug-likeness (QED) is 0.542. The molecule has 1 aromatic carbocycles. The number of carbonyl (C=O) groups is 1. The highest BCUT2D eigenvalue weighted by Gasteiger charge is 2.43. The van der Waals surface area contributed by atoms with E-state index in [1.165, 1.54) is 0 Å². The second-order valence-corrected chi connectivity index (χ2v) is 10.9. The molecule has 7 heteroatoms. The smallest absolute Gasteiger partial charge is 0.277 e. The van der Waals surface area contributed by atoms with Crippen LogP contribution in [0.3, 0.4) is 0 Å². The van der Waals surface area contributed by atoms with E-state index in [1.807, 2.05) is 42.5 Å². The molecule has 0 radical (unpaired) electrons. The van der Waals surface area contributed by atoms with Gasteiger partial charge in [0.15, 0.2) is 5.78 Å². The molecule has 3 aromatic rings. The number of halogens is 1. The number of para-hydroxylation sites is 1. The van der Waals surface area contributed by atoms with Crippen LogP contribution in [-0.4, -0.2) is 15.6 Å². The fraction of sp³-hybridized carbons (Fsp3) is 0.273. The van der Waals surface area contributed by atoms with Gasteiger partial charge in [-0.3, -0.25) is 14.7 Å². The van der Waals surface area contributed by atoms with Crippen molar-refractivity contribution in [3.63, 3.8) is 0 Å². The Morgan fingerprint density at radius 2 is 1.86 bits per heavy atom. The third-order valence-corrected chi connectivity index (χ3v) is 7.28. The number of rotatable bonds is 2. The van der Waals surface area contributed by atoms with Gasteiger partial charge in [-0.1, -0.05) is 32.0 Å². The summed E-state index contributed by atoms with van der Waals surface area (Å²) in [7, 11) is 0. The Hall–Kier alpha value is -2.38. The van der Waals surface area contributed by atoms with Crippen LogP contribution in [0, 0.1) is 5.41 Å². The van der Waals surface area contributed by atoms with Gasteiger partial charge in [-0.05, 0) is 52.0 Å². The Labute approximate surface area is 180 Å². The number of Topliss-reactive ketones (excluding diaryl/α,β-unsaturated/α-hetero) is 1. The van der Waals surface area contributed by atoms with Crippen molar-refractivity contribution in [1.82, 2.24) is 9.78 Å². The zero-order chi connectivity index (χ0) is 20.3. The van der Waals surface area contributed by atoms with Crippen LogP contribution in [-0.2, 0) is 4.79 Å². The van der Waals surface area contributed by atoms with Gasteiger partial charge < -0.3 is 5.32 Å². The lowest BCUT2D eigenvalue weighted by molar-refractivity contribution is -0.118. The van der Waals surface area contributed by atoms with Crippen LogP contribution < -0.4 is 10.9 Å². The molecule has 0 saturated carbocycles. The first-order valence-corrected chi connectivity index (χ1v) is 11.1. The Bertz CT molecular complexity index is 1220. The van der Waals surface area contributed by atoms with E-state index in [4.69, 9.17) is 0 Å². The van der Waals surface area contributed by atoms with Gasteiger partial charge in [-0.25, -0.2) is 4.68 Å². The highest BCUT2D eigenvalue weighted by atomic mass is 79.9. The Morgan fingerprint density at radius 1 is 1.10 bits per heavy atom. The third-order valence-electron chi connectivity index (χ3n) is 5.59. The van der Waals surface area contributed by atoms with Gasteiger partial charge in [0, 0.05) is 22.6 Å². The molecule has 1 aliphatic heterocycles. The lowest BCUT2D eigenvalue weighted by Gasteiger charge is -2.37. The number of aromatic amines is 1. The molecule has 2 aromatic heterocycles. The predicted molar refractivity (Wildman–Crippen MR) is 119 cm³/mol. The van der Waals surface area contributed by atoms with Gasteiger partial charge in [0.2, 0.25) is 0 Å². The van der Waals surface area contributed by atoms with Crippen molar-refractivity contribution in [3.05, 3.63) is 78.3 Å². The van der Waals surface area contributed by atoms with Gasteiger partial charge in [-0.15, -0.1) is 11.3 Å². The molecule has 1 aliphatic carbocycles. The summed E-state index contributed by atoms with van der Waals surface area (Å²) >= 11 is 5.10. The summed E-state index contributed by atoms with van der Waals surface area (Å²) < 4.78 is 2.54. The van der Waals surface area contributed by atoms with Crippen LogP contribution >= 0.6 is 27.3 Å². The van der Waals surface area contributed by atoms with Crippen molar-refractivity contribution in [1.29, 1.82) is 0 Å². The highest BCUT2D eigenvalue weighted by molar-refractivity contribution is 9.11. The van der Waals surface area contributed by atoms with Crippen LogP contribution in [0.15, 0.2) is 62.3 Å². The number of anilines is 1. The molecule has 0 spiro atoms. The maximum atomic E-state index is 13.5. The first-order chi connectivity index (χ1) is 13.8. The summed E-state index contributed by atoms with van der Waals surface area (Å²) in [6.45, 7) is 4.22. The Balaban J connectivity index is 1.74. The lowest BCUT2D eigenvalue weighted by atomic mass is 9.70. The van der Waals surface area contributed by atoms with Crippen molar-refractivity contribution >= 4 is 38.9 Å². The molecule has 3 heterocycles. The molecule has 1 atom stereocenters. The average Bonchev–Trinajstić information content (AvgIpc) is 3.23. The number of thiophene rings is 1. The van der Waals surface area contributed by atoms with Crippen LogP contribution in [0.2, 0.25) is 0 Å². The van der Waals surface area contributed by atoms with Crippen molar-refractivity contribution < 1.29 is 4.79 Å². The number of benzene rings is 1. The number of ketones is 1. The maximum absolute atomic E-state index is 13.5. The van der Waals surface area contributed by atoms with Gasteiger partial charge in [0.05, 0.1) is 21.0 Å². The number of nitrogens with one attached hydrogen (secondary N) is 2. The van der Waals surface area contributed by atoms with Crippen LogP contribution in [0.4, 0.5) is 5.82 Å². The summed E-state index contributed by atoms with van der Waals surface area (Å²) in [4.78, 5) is 27.7. The fourth-order valence-corrected chi connectivity index (χ4v) is 5.96. The van der Waals surface area contributed by atoms with Gasteiger partial charge >= 0.3 is 0 Å². The van der Waals surface area contributed by atoms with Gasteiger partial charge in [-0.2, -0.15) is 0 Å². The van der Waals surface area contributed by atoms with Crippen molar-refractivity contribution in [2.24, 2.45) is 5.41 Å². The number of hydrogen-bond acceptors (Lipinski definition) is 4. The molecule has 5 nitrogen and oxygen atoms in total. The molecule has 2 N–H and O–H groups in total. The van der Waals surface area contributed by atoms with E-state index in [1.54, 1.807) is 16.0 Å². The summed E-state index contributed by atoms with van der Waals surface area (Å²) in [6.07, 6.45) is 1.26. The van der Waals surface area contributed by atoms with Crippen molar-refractivity contribution in [2.45, 2.75) is 32.6 Å². The van der Waals surface area contributed by atoms with Gasteiger partial charge in [0.25, 0.3) is 5.56 Å². The van der Waals surface area contributed by atoms with Crippen molar-refractivity contribution in [3.8, 4) is 5.69 Å². The summed E-state index contributed by atoms with van der Waals surface area (Å²) in [5, 5.41) is 6.64.